The van der Waals surface area contributed by atoms with Crippen LogP contribution in [0.25, 0.3) is 11.1 Å². The molecular weight excluding hydrogens is 494 g/mol. The van der Waals surface area contributed by atoms with E-state index in [2.05, 4.69) is 15.3 Å². The lowest BCUT2D eigenvalue weighted by molar-refractivity contribution is -0.125. The Kier molecular flexibility index (Phi) is 7.27. The largest absolute Gasteiger partial charge is 0.444 e. The van der Waals surface area contributed by atoms with Gasteiger partial charge in [0.05, 0.1) is 5.41 Å². The summed E-state index contributed by atoms with van der Waals surface area (Å²) in [5.41, 5.74) is 10.1. The number of nitrogens with one attached hydrogen (secondary N) is 1. The summed E-state index contributed by atoms with van der Waals surface area (Å²) in [6.45, 7) is 7.71. The maximum Gasteiger partial charge on any atom is 0.410 e. The number of ether oxygens (including phenoxy) is 2. The third kappa shape index (κ3) is 5.88. The smallest absolute Gasteiger partial charge is 0.410 e. The Labute approximate surface area is 228 Å². The molecule has 204 valence electrons. The number of nitrogen functional groups attached to an aromatic ring is 1. The van der Waals surface area contributed by atoms with Crippen molar-refractivity contribution in [3.05, 3.63) is 71.5 Å². The third-order valence-corrected chi connectivity index (χ3v) is 7.35. The second kappa shape index (κ2) is 10.6. The van der Waals surface area contributed by atoms with Crippen LogP contribution in [0.1, 0.15) is 50.3 Å². The highest BCUT2D eigenvalue weighted by atomic mass is 16.6. The van der Waals surface area contributed by atoms with Crippen molar-refractivity contribution in [3.63, 3.8) is 0 Å². The second-order valence-corrected chi connectivity index (χ2v) is 11.2. The minimum Gasteiger partial charge on any atom is -0.444 e. The summed E-state index contributed by atoms with van der Waals surface area (Å²) in [4.78, 5) is 36.2. The Balaban J connectivity index is 1.32. The van der Waals surface area contributed by atoms with Crippen LogP contribution < -0.4 is 11.1 Å². The van der Waals surface area contributed by atoms with E-state index in [1.165, 1.54) is 0 Å². The molecule has 3 aromatic rings. The van der Waals surface area contributed by atoms with Crippen molar-refractivity contribution in [1.29, 1.82) is 0 Å². The fourth-order valence-electron chi connectivity index (χ4n) is 5.20. The summed E-state index contributed by atoms with van der Waals surface area (Å²) in [6, 6.07) is 13.9. The Hall–Kier alpha value is -3.98. The van der Waals surface area contributed by atoms with Crippen LogP contribution in [0, 0.1) is 0 Å². The molecule has 1 saturated heterocycles. The van der Waals surface area contributed by atoms with Crippen LogP contribution in [0.4, 0.5) is 16.4 Å². The molecule has 0 bridgehead atoms. The lowest BCUT2D eigenvalue weighted by atomic mass is 9.73. The normalized spacial score (nSPS) is 16.7. The molecule has 9 heteroatoms. The molecule has 9 nitrogen and oxygen atoms in total. The van der Waals surface area contributed by atoms with Crippen LogP contribution in [0.3, 0.4) is 0 Å². The van der Waals surface area contributed by atoms with Gasteiger partial charge < -0.3 is 25.4 Å². The van der Waals surface area contributed by atoms with Crippen molar-refractivity contribution in [2.24, 2.45) is 0 Å². The summed E-state index contributed by atoms with van der Waals surface area (Å²) in [5, 5.41) is 3.19. The predicted molar refractivity (Wildman–Crippen MR) is 149 cm³/mol. The molecule has 3 heterocycles. The van der Waals surface area contributed by atoms with Gasteiger partial charge in [-0.15, -0.1) is 0 Å². The van der Waals surface area contributed by atoms with Gasteiger partial charge >= 0.3 is 6.09 Å². The van der Waals surface area contributed by atoms with E-state index in [-0.39, 0.29) is 17.9 Å². The van der Waals surface area contributed by atoms with Gasteiger partial charge in [-0.05, 0) is 74.4 Å². The van der Waals surface area contributed by atoms with Crippen molar-refractivity contribution in [3.8, 4) is 11.1 Å². The third-order valence-electron chi connectivity index (χ3n) is 7.35. The van der Waals surface area contributed by atoms with Gasteiger partial charge in [0.2, 0.25) is 11.9 Å². The molecule has 5 rings (SSSR count). The van der Waals surface area contributed by atoms with Crippen LogP contribution in [0.15, 0.2) is 54.9 Å². The monoisotopic (exact) mass is 529 g/mol. The summed E-state index contributed by atoms with van der Waals surface area (Å²) < 4.78 is 11.2. The molecule has 39 heavy (non-hydrogen) atoms. The van der Waals surface area contributed by atoms with Crippen LogP contribution >= 0.6 is 0 Å². The molecule has 2 aliphatic rings. The van der Waals surface area contributed by atoms with Crippen molar-refractivity contribution >= 4 is 23.6 Å². The van der Waals surface area contributed by atoms with Gasteiger partial charge in [-0.3, -0.25) is 4.79 Å². The zero-order valence-corrected chi connectivity index (χ0v) is 22.7. The lowest BCUT2D eigenvalue weighted by Gasteiger charge is -2.36. The number of nitrogens with two attached hydrogens (primary N) is 1. The number of aromatic nitrogens is 2. The van der Waals surface area contributed by atoms with Crippen LogP contribution in [0.5, 0.6) is 0 Å². The Morgan fingerprint density at radius 1 is 1.00 bits per heavy atom. The molecule has 0 saturated carbocycles. The Morgan fingerprint density at radius 3 is 2.36 bits per heavy atom. The van der Waals surface area contributed by atoms with Crippen LogP contribution in [-0.4, -0.2) is 52.2 Å². The van der Waals surface area contributed by atoms with Gasteiger partial charge in [-0.25, -0.2) is 14.8 Å². The number of rotatable bonds is 4. The molecule has 2 aliphatic heterocycles. The van der Waals surface area contributed by atoms with Crippen LogP contribution in [0.2, 0.25) is 0 Å². The zero-order chi connectivity index (χ0) is 27.6. The van der Waals surface area contributed by atoms with E-state index >= 15 is 0 Å². The first-order valence-electron chi connectivity index (χ1n) is 13.3. The molecule has 1 fully saturated rings. The van der Waals surface area contributed by atoms with Gasteiger partial charge in [-0.1, -0.05) is 30.3 Å². The van der Waals surface area contributed by atoms with Crippen molar-refractivity contribution in [2.75, 3.05) is 30.8 Å². The number of hydrogen-bond acceptors (Lipinski definition) is 7. The minimum atomic E-state index is -0.697. The number of hydrogen-bond donors (Lipinski definition) is 2. The molecule has 1 aromatic heterocycles. The average Bonchev–Trinajstić information content (AvgIpc) is 2.92. The molecule has 0 aliphatic carbocycles. The highest BCUT2D eigenvalue weighted by Gasteiger charge is 2.42. The molecule has 0 unspecified atom stereocenters. The molecular formula is C30H35N5O4. The number of fused-ring (bicyclic) bond motifs is 1. The number of carbonyl (C=O) groups excluding carboxylic acids is 2. The summed E-state index contributed by atoms with van der Waals surface area (Å²) in [5.74, 6) is 0.191. The van der Waals surface area contributed by atoms with Crippen molar-refractivity contribution in [1.82, 2.24) is 14.9 Å². The molecule has 0 atom stereocenters. The fourth-order valence-corrected chi connectivity index (χ4v) is 5.20. The minimum absolute atomic E-state index is 0.0412. The second-order valence-electron chi connectivity index (χ2n) is 11.2. The molecule has 3 N–H and O–H groups in total. The first kappa shape index (κ1) is 26.6. The number of carbonyl (C=O) groups is 2. The van der Waals surface area contributed by atoms with E-state index in [9.17, 15) is 9.59 Å². The van der Waals surface area contributed by atoms with E-state index in [1.54, 1.807) is 17.3 Å². The van der Waals surface area contributed by atoms with Gasteiger partial charge in [-0.2, -0.15) is 0 Å². The molecule has 0 radical (unpaired) electrons. The zero-order valence-electron chi connectivity index (χ0n) is 22.7. The summed E-state index contributed by atoms with van der Waals surface area (Å²) in [7, 11) is 0. The van der Waals surface area contributed by atoms with Crippen molar-refractivity contribution in [2.45, 2.75) is 57.6 Å². The maximum absolute atomic E-state index is 13.9. The predicted octanol–water partition coefficient (Wildman–Crippen LogP) is 4.71. The fraction of sp³-hybridized carbons (Fsp3) is 0.400. The first-order chi connectivity index (χ1) is 18.6. The van der Waals surface area contributed by atoms with Gasteiger partial charge in [0.1, 0.15) is 5.60 Å². The van der Waals surface area contributed by atoms with E-state index < -0.39 is 11.0 Å². The van der Waals surface area contributed by atoms with Crippen molar-refractivity contribution < 1.29 is 19.1 Å². The number of anilines is 2. The number of amides is 2. The van der Waals surface area contributed by atoms with Gasteiger partial charge in [0.25, 0.3) is 0 Å². The maximum atomic E-state index is 13.9. The quantitative estimate of drug-likeness (QED) is 0.502. The summed E-state index contributed by atoms with van der Waals surface area (Å²) in [6.07, 6.45) is 4.97. The standard InChI is InChI=1S/C30H35N5O4/c1-29(2,3)39-28(37)35-13-10-21-16-25(9-6-22(21)19-35)34-26(36)30(11-14-38-15-12-30)24-7-4-20(5-8-24)23-17-32-27(31)33-18-23/h4-9,16-18H,10-15,19H2,1-3H3,(H,34,36)(H2,31,32,33). The van der Waals surface area contributed by atoms with E-state index in [0.29, 0.717) is 45.6 Å². The Bertz CT molecular complexity index is 1340. The van der Waals surface area contributed by atoms with E-state index in [1.807, 2.05) is 63.2 Å². The average molecular weight is 530 g/mol. The van der Waals surface area contributed by atoms with Gasteiger partial charge in [0, 0.05) is 49.9 Å². The number of nitrogens with zero attached hydrogens (tertiary/aromatic N) is 3. The highest BCUT2D eigenvalue weighted by molar-refractivity contribution is 5.99. The highest BCUT2D eigenvalue weighted by Crippen LogP contribution is 2.37. The molecule has 0 spiro atoms. The molecule has 2 aromatic carbocycles. The molecule has 2 amide bonds. The topological polar surface area (TPSA) is 120 Å². The number of benzene rings is 2. The SMILES string of the molecule is CC(C)(C)OC(=O)N1CCc2cc(NC(=O)C3(c4ccc(-c5cnc(N)nc5)cc4)CCOCC3)ccc2C1. The Morgan fingerprint density at radius 2 is 1.69 bits per heavy atom. The van der Waals surface area contributed by atoms with E-state index in [4.69, 9.17) is 15.2 Å². The van der Waals surface area contributed by atoms with Gasteiger partial charge in [0.15, 0.2) is 0 Å². The van der Waals surface area contributed by atoms with E-state index in [0.717, 1.165) is 33.5 Å². The summed E-state index contributed by atoms with van der Waals surface area (Å²) >= 11 is 0. The van der Waals surface area contributed by atoms with Crippen LogP contribution in [-0.2, 0) is 32.6 Å². The lowest BCUT2D eigenvalue weighted by Crippen LogP contribution is -2.45. The first-order valence-corrected chi connectivity index (χ1v) is 13.3.